The molecule has 0 amide bonds. The van der Waals surface area contributed by atoms with Gasteiger partial charge in [0.25, 0.3) is 0 Å². The first-order chi connectivity index (χ1) is 9.69. The molecule has 2 N–H and O–H groups in total. The minimum absolute atomic E-state index is 0.352. The molecular formula is C16H28N4. The molecule has 1 fully saturated rings. The van der Waals surface area contributed by atoms with E-state index in [1.54, 1.807) is 0 Å². The predicted octanol–water partition coefficient (Wildman–Crippen LogP) is 4.02. The van der Waals surface area contributed by atoms with Crippen molar-refractivity contribution in [2.45, 2.75) is 58.8 Å². The van der Waals surface area contributed by atoms with Crippen LogP contribution in [0.3, 0.4) is 0 Å². The van der Waals surface area contributed by atoms with Crippen LogP contribution in [0.5, 0.6) is 0 Å². The van der Waals surface area contributed by atoms with Crippen molar-refractivity contribution >= 4 is 11.6 Å². The highest BCUT2D eigenvalue weighted by molar-refractivity contribution is 5.47. The minimum atomic E-state index is 0.352. The molecule has 0 aliphatic heterocycles. The zero-order valence-corrected chi connectivity index (χ0v) is 13.1. The number of rotatable bonds is 7. The van der Waals surface area contributed by atoms with Gasteiger partial charge in [-0.05, 0) is 25.2 Å². The van der Waals surface area contributed by atoms with E-state index < -0.39 is 0 Å². The van der Waals surface area contributed by atoms with Gasteiger partial charge < -0.3 is 10.6 Å². The maximum absolute atomic E-state index is 4.64. The molecule has 0 spiro atoms. The van der Waals surface area contributed by atoms with Gasteiger partial charge in [-0.3, -0.25) is 0 Å². The maximum atomic E-state index is 4.64. The second-order valence-electron chi connectivity index (χ2n) is 6.11. The predicted molar refractivity (Wildman–Crippen MR) is 85.3 cm³/mol. The van der Waals surface area contributed by atoms with Crippen molar-refractivity contribution in [3.05, 3.63) is 11.9 Å². The Balaban J connectivity index is 2.02. The molecule has 1 aliphatic carbocycles. The van der Waals surface area contributed by atoms with Crippen LogP contribution in [0.1, 0.15) is 64.6 Å². The topological polar surface area (TPSA) is 49.8 Å². The third-order valence-electron chi connectivity index (χ3n) is 3.86. The number of hydrogen-bond acceptors (Lipinski definition) is 4. The summed E-state index contributed by atoms with van der Waals surface area (Å²) in [5.74, 6) is 4.00. The standard InChI is InChI=1S/C16H28N4/c1-4-9-17-14-10-15(20-16(19-14)12(2)3)18-11-13-7-5-6-8-13/h10,12-13H,4-9,11H2,1-3H3,(H2,17,18,19,20). The van der Waals surface area contributed by atoms with E-state index in [9.17, 15) is 0 Å². The Labute approximate surface area is 122 Å². The van der Waals surface area contributed by atoms with E-state index in [1.165, 1.54) is 25.7 Å². The molecule has 1 aromatic heterocycles. The Bertz CT molecular complexity index is 411. The summed E-state index contributed by atoms with van der Waals surface area (Å²) in [4.78, 5) is 9.23. The summed E-state index contributed by atoms with van der Waals surface area (Å²) in [5, 5.41) is 6.87. The van der Waals surface area contributed by atoms with Crippen molar-refractivity contribution in [1.82, 2.24) is 9.97 Å². The number of nitrogens with zero attached hydrogens (tertiary/aromatic N) is 2. The van der Waals surface area contributed by atoms with Gasteiger partial charge in [-0.2, -0.15) is 0 Å². The van der Waals surface area contributed by atoms with Crippen molar-refractivity contribution in [2.24, 2.45) is 5.92 Å². The van der Waals surface area contributed by atoms with Gasteiger partial charge in [0.2, 0.25) is 0 Å². The van der Waals surface area contributed by atoms with E-state index >= 15 is 0 Å². The molecule has 1 aliphatic rings. The summed E-state index contributed by atoms with van der Waals surface area (Å²) < 4.78 is 0. The molecule has 0 unspecified atom stereocenters. The molecule has 0 saturated heterocycles. The molecule has 0 atom stereocenters. The van der Waals surface area contributed by atoms with Crippen molar-refractivity contribution in [2.75, 3.05) is 23.7 Å². The van der Waals surface area contributed by atoms with Crippen LogP contribution in [0.4, 0.5) is 11.6 Å². The van der Waals surface area contributed by atoms with E-state index in [0.29, 0.717) is 5.92 Å². The van der Waals surface area contributed by atoms with E-state index in [1.807, 2.05) is 6.07 Å². The first-order valence-electron chi connectivity index (χ1n) is 8.05. The molecular weight excluding hydrogens is 248 g/mol. The molecule has 112 valence electrons. The van der Waals surface area contributed by atoms with Crippen LogP contribution >= 0.6 is 0 Å². The molecule has 1 aromatic rings. The van der Waals surface area contributed by atoms with Crippen molar-refractivity contribution < 1.29 is 0 Å². The average Bonchev–Trinajstić information content (AvgIpc) is 2.96. The summed E-state index contributed by atoms with van der Waals surface area (Å²) in [6.45, 7) is 8.44. The van der Waals surface area contributed by atoms with Gasteiger partial charge in [-0.25, -0.2) is 9.97 Å². The number of hydrogen-bond donors (Lipinski definition) is 2. The lowest BCUT2D eigenvalue weighted by molar-refractivity contribution is 0.578. The Hall–Kier alpha value is -1.32. The molecule has 1 saturated carbocycles. The molecule has 0 aromatic carbocycles. The molecule has 1 heterocycles. The van der Waals surface area contributed by atoms with E-state index in [4.69, 9.17) is 0 Å². The highest BCUT2D eigenvalue weighted by Gasteiger charge is 2.15. The number of aromatic nitrogens is 2. The zero-order valence-electron chi connectivity index (χ0n) is 13.1. The number of nitrogens with one attached hydrogen (secondary N) is 2. The van der Waals surface area contributed by atoms with Gasteiger partial charge in [0.15, 0.2) is 0 Å². The summed E-state index contributed by atoms with van der Waals surface area (Å²) in [6.07, 6.45) is 6.59. The van der Waals surface area contributed by atoms with Gasteiger partial charge in [-0.1, -0.05) is 33.6 Å². The fourth-order valence-corrected chi connectivity index (χ4v) is 2.62. The molecule has 0 bridgehead atoms. The minimum Gasteiger partial charge on any atom is -0.370 e. The lowest BCUT2D eigenvalue weighted by Gasteiger charge is -2.14. The SMILES string of the molecule is CCCNc1cc(NCC2CCCC2)nc(C(C)C)n1. The van der Waals surface area contributed by atoms with Crippen molar-refractivity contribution in [1.29, 1.82) is 0 Å². The highest BCUT2D eigenvalue weighted by Crippen LogP contribution is 2.25. The zero-order chi connectivity index (χ0) is 14.4. The van der Waals surface area contributed by atoms with Crippen LogP contribution in [-0.2, 0) is 0 Å². The van der Waals surface area contributed by atoms with Gasteiger partial charge in [0, 0.05) is 25.1 Å². The van der Waals surface area contributed by atoms with Crippen molar-refractivity contribution in [3.8, 4) is 0 Å². The van der Waals surface area contributed by atoms with Crippen LogP contribution in [0, 0.1) is 5.92 Å². The van der Waals surface area contributed by atoms with Gasteiger partial charge >= 0.3 is 0 Å². The van der Waals surface area contributed by atoms with Crippen LogP contribution < -0.4 is 10.6 Å². The van der Waals surface area contributed by atoms with Crippen molar-refractivity contribution in [3.63, 3.8) is 0 Å². The van der Waals surface area contributed by atoms with E-state index in [-0.39, 0.29) is 0 Å². The summed E-state index contributed by atoms with van der Waals surface area (Å²) in [7, 11) is 0. The largest absolute Gasteiger partial charge is 0.370 e. The molecule has 0 radical (unpaired) electrons. The van der Waals surface area contributed by atoms with E-state index in [0.717, 1.165) is 42.9 Å². The normalized spacial score (nSPS) is 15.8. The lowest BCUT2D eigenvalue weighted by atomic mass is 10.1. The number of anilines is 2. The Morgan fingerprint density at radius 2 is 1.80 bits per heavy atom. The third-order valence-corrected chi connectivity index (χ3v) is 3.86. The molecule has 4 heteroatoms. The van der Waals surface area contributed by atoms with E-state index in [2.05, 4.69) is 41.4 Å². The Kier molecular flexibility index (Phi) is 5.62. The molecule has 4 nitrogen and oxygen atoms in total. The first kappa shape index (κ1) is 15.1. The lowest BCUT2D eigenvalue weighted by Crippen LogP contribution is -2.14. The second-order valence-corrected chi connectivity index (χ2v) is 6.11. The van der Waals surface area contributed by atoms with Crippen LogP contribution in [0.15, 0.2) is 6.07 Å². The smallest absolute Gasteiger partial charge is 0.135 e. The highest BCUT2D eigenvalue weighted by atomic mass is 15.1. The maximum Gasteiger partial charge on any atom is 0.135 e. The fraction of sp³-hybridized carbons (Fsp3) is 0.750. The summed E-state index contributed by atoms with van der Waals surface area (Å²) >= 11 is 0. The average molecular weight is 276 g/mol. The second kappa shape index (κ2) is 7.46. The molecule has 2 rings (SSSR count). The van der Waals surface area contributed by atoms with Crippen LogP contribution in [0.2, 0.25) is 0 Å². The quantitative estimate of drug-likeness (QED) is 0.789. The monoisotopic (exact) mass is 276 g/mol. The summed E-state index contributed by atoms with van der Waals surface area (Å²) in [6, 6.07) is 2.04. The Morgan fingerprint density at radius 3 is 2.40 bits per heavy atom. The van der Waals surface area contributed by atoms with Crippen LogP contribution in [0.25, 0.3) is 0 Å². The van der Waals surface area contributed by atoms with Gasteiger partial charge in [0.1, 0.15) is 17.5 Å². The van der Waals surface area contributed by atoms with Gasteiger partial charge in [0.05, 0.1) is 0 Å². The van der Waals surface area contributed by atoms with Gasteiger partial charge in [-0.15, -0.1) is 0 Å². The Morgan fingerprint density at radius 1 is 1.15 bits per heavy atom. The summed E-state index contributed by atoms with van der Waals surface area (Å²) in [5.41, 5.74) is 0. The van der Waals surface area contributed by atoms with Crippen LogP contribution in [-0.4, -0.2) is 23.1 Å². The fourth-order valence-electron chi connectivity index (χ4n) is 2.62. The first-order valence-corrected chi connectivity index (χ1v) is 8.05. The third kappa shape index (κ3) is 4.36. The molecule has 20 heavy (non-hydrogen) atoms.